The molecule has 1 aliphatic carbocycles. The number of oxime groups is 1. The quantitative estimate of drug-likeness (QED) is 0.380. The summed E-state index contributed by atoms with van der Waals surface area (Å²) in [4.78, 5) is 24.2. The summed E-state index contributed by atoms with van der Waals surface area (Å²) in [5.74, 6) is -0.756. The van der Waals surface area contributed by atoms with Gasteiger partial charge < -0.3 is 15.3 Å². The molecule has 0 radical (unpaired) electrons. The fourth-order valence-corrected chi connectivity index (χ4v) is 3.88. The van der Waals surface area contributed by atoms with Crippen molar-refractivity contribution in [3.05, 3.63) is 21.6 Å². The summed E-state index contributed by atoms with van der Waals surface area (Å²) in [5.41, 5.74) is 1.80. The Hall–Kier alpha value is -1.86. The zero-order chi connectivity index (χ0) is 16.3. The van der Waals surface area contributed by atoms with E-state index in [1.54, 1.807) is 6.92 Å². The lowest BCUT2D eigenvalue weighted by Crippen LogP contribution is -2.13. The lowest BCUT2D eigenvalue weighted by molar-refractivity contribution is -0.114. The highest BCUT2D eigenvalue weighted by Crippen LogP contribution is 2.44. The Morgan fingerprint density at radius 1 is 1.50 bits per heavy atom. The van der Waals surface area contributed by atoms with Gasteiger partial charge in [-0.2, -0.15) is 0 Å². The van der Waals surface area contributed by atoms with Gasteiger partial charge in [0.2, 0.25) is 5.91 Å². The largest absolute Gasteiger partial charge is 0.462 e. The molecular formula is C14H15ClN2O4S. The maximum atomic E-state index is 12.2. The van der Waals surface area contributed by atoms with Gasteiger partial charge in [0.25, 0.3) is 0 Å². The van der Waals surface area contributed by atoms with Crippen molar-refractivity contribution in [1.82, 2.24) is 0 Å². The van der Waals surface area contributed by atoms with Gasteiger partial charge in [0.05, 0.1) is 28.3 Å². The molecule has 0 aromatic carbocycles. The van der Waals surface area contributed by atoms with E-state index in [0.29, 0.717) is 38.9 Å². The molecule has 2 rings (SSSR count). The van der Waals surface area contributed by atoms with Gasteiger partial charge in [0, 0.05) is 6.92 Å². The highest BCUT2D eigenvalue weighted by Gasteiger charge is 2.29. The highest BCUT2D eigenvalue weighted by atomic mass is 35.5. The molecule has 1 aromatic rings. The predicted octanol–water partition coefficient (Wildman–Crippen LogP) is 3.24. The summed E-state index contributed by atoms with van der Waals surface area (Å²) < 4.78 is 5.08. The summed E-state index contributed by atoms with van der Waals surface area (Å²) in [6.45, 7) is 3.33. The molecule has 1 aromatic heterocycles. The molecule has 118 valence electrons. The van der Waals surface area contributed by atoms with E-state index in [1.807, 2.05) is 0 Å². The summed E-state index contributed by atoms with van der Waals surface area (Å²) in [5, 5.41) is 15.2. The lowest BCUT2D eigenvalue weighted by atomic mass is 9.95. The van der Waals surface area contributed by atoms with Crippen molar-refractivity contribution in [2.75, 3.05) is 11.9 Å². The lowest BCUT2D eigenvalue weighted by Gasteiger charge is -2.14. The molecule has 0 atom stereocenters. The molecule has 0 bridgehead atoms. The minimum Gasteiger partial charge on any atom is -0.462 e. The standard InChI is InChI=1S/C14H15ClN2O4S/c1-3-21-14(19)10-9-5-4-8(6-16-20)11(15)12(9)22-13(10)17-7(2)18/h6,20H,3-5H2,1-2H3,(H,17,18). The SMILES string of the molecule is CCOC(=O)c1c(NC(C)=O)sc2c1CCC(C=NO)=C2Cl. The van der Waals surface area contributed by atoms with Crippen LogP contribution in [-0.4, -0.2) is 29.9 Å². The molecule has 0 unspecified atom stereocenters. The maximum absolute atomic E-state index is 12.2. The van der Waals surface area contributed by atoms with Crippen molar-refractivity contribution in [2.24, 2.45) is 5.16 Å². The molecule has 0 saturated heterocycles. The number of carbonyl (C=O) groups is 2. The summed E-state index contributed by atoms with van der Waals surface area (Å²) in [6.07, 6.45) is 2.38. The van der Waals surface area contributed by atoms with Crippen LogP contribution in [0, 0.1) is 0 Å². The first kappa shape index (κ1) is 16.5. The van der Waals surface area contributed by atoms with Crippen LogP contribution in [0.15, 0.2) is 10.7 Å². The van der Waals surface area contributed by atoms with E-state index in [1.165, 1.54) is 24.5 Å². The molecule has 1 heterocycles. The maximum Gasteiger partial charge on any atom is 0.341 e. The number of allylic oxidation sites excluding steroid dienone is 1. The number of amides is 1. The number of hydrogen-bond acceptors (Lipinski definition) is 6. The molecule has 8 heteroatoms. The van der Waals surface area contributed by atoms with Gasteiger partial charge in [-0.15, -0.1) is 11.3 Å². The Balaban J connectivity index is 2.57. The zero-order valence-corrected chi connectivity index (χ0v) is 13.7. The third-order valence-corrected chi connectivity index (χ3v) is 4.82. The first-order chi connectivity index (χ1) is 10.5. The molecule has 22 heavy (non-hydrogen) atoms. The average Bonchev–Trinajstić information content (AvgIpc) is 2.80. The van der Waals surface area contributed by atoms with E-state index in [4.69, 9.17) is 21.5 Å². The topological polar surface area (TPSA) is 88.0 Å². The minimum atomic E-state index is -0.479. The third-order valence-electron chi connectivity index (χ3n) is 3.12. The Bertz CT molecular complexity index is 679. The van der Waals surface area contributed by atoms with Crippen molar-refractivity contribution >= 4 is 51.1 Å². The number of halogens is 1. The van der Waals surface area contributed by atoms with Crippen LogP contribution in [0.1, 0.15) is 41.1 Å². The fraction of sp³-hybridized carbons (Fsp3) is 0.357. The molecule has 0 aliphatic heterocycles. The second-order valence-corrected chi connectivity index (χ2v) is 6.00. The van der Waals surface area contributed by atoms with Gasteiger partial charge in [-0.1, -0.05) is 16.8 Å². The molecule has 1 amide bonds. The van der Waals surface area contributed by atoms with Gasteiger partial charge in [-0.3, -0.25) is 4.79 Å². The van der Waals surface area contributed by atoms with Crippen molar-refractivity contribution < 1.29 is 19.5 Å². The van der Waals surface area contributed by atoms with Crippen LogP contribution in [-0.2, 0) is 16.0 Å². The average molecular weight is 343 g/mol. The van der Waals surface area contributed by atoms with Crippen LogP contribution >= 0.6 is 22.9 Å². The smallest absolute Gasteiger partial charge is 0.341 e. The van der Waals surface area contributed by atoms with Crippen LogP contribution in [0.4, 0.5) is 5.00 Å². The Morgan fingerprint density at radius 3 is 2.82 bits per heavy atom. The van der Waals surface area contributed by atoms with E-state index in [9.17, 15) is 9.59 Å². The highest BCUT2D eigenvalue weighted by molar-refractivity contribution is 7.18. The Labute approximate surface area is 136 Å². The normalized spacial score (nSPS) is 14.1. The first-order valence-electron chi connectivity index (χ1n) is 6.66. The van der Waals surface area contributed by atoms with Crippen LogP contribution in [0.2, 0.25) is 0 Å². The van der Waals surface area contributed by atoms with E-state index in [2.05, 4.69) is 10.5 Å². The van der Waals surface area contributed by atoms with Crippen molar-refractivity contribution in [1.29, 1.82) is 0 Å². The number of rotatable bonds is 4. The predicted molar refractivity (Wildman–Crippen MR) is 86.0 cm³/mol. The molecule has 0 fully saturated rings. The van der Waals surface area contributed by atoms with Gasteiger partial charge in [-0.05, 0) is 30.9 Å². The number of anilines is 1. The number of carbonyl (C=O) groups excluding carboxylic acids is 2. The van der Waals surface area contributed by atoms with E-state index in [-0.39, 0.29) is 12.5 Å². The van der Waals surface area contributed by atoms with Crippen LogP contribution in [0.25, 0.3) is 5.03 Å². The molecular weight excluding hydrogens is 328 g/mol. The number of nitrogens with zero attached hydrogens (tertiary/aromatic N) is 1. The Kier molecular flexibility index (Phi) is 5.20. The summed E-state index contributed by atoms with van der Waals surface area (Å²) in [7, 11) is 0. The number of hydrogen-bond donors (Lipinski definition) is 2. The summed E-state index contributed by atoms with van der Waals surface area (Å²) in [6, 6.07) is 0. The molecule has 6 nitrogen and oxygen atoms in total. The monoisotopic (exact) mass is 342 g/mol. The minimum absolute atomic E-state index is 0.245. The molecule has 0 saturated carbocycles. The van der Waals surface area contributed by atoms with Gasteiger partial charge in [-0.25, -0.2) is 4.79 Å². The fourth-order valence-electron chi connectivity index (χ4n) is 2.25. The van der Waals surface area contributed by atoms with Crippen LogP contribution in [0.5, 0.6) is 0 Å². The number of nitrogens with one attached hydrogen (secondary N) is 1. The van der Waals surface area contributed by atoms with Gasteiger partial charge in [0.1, 0.15) is 5.00 Å². The third kappa shape index (κ3) is 3.15. The first-order valence-corrected chi connectivity index (χ1v) is 7.85. The number of fused-ring (bicyclic) bond motifs is 1. The van der Waals surface area contributed by atoms with Crippen molar-refractivity contribution in [3.8, 4) is 0 Å². The van der Waals surface area contributed by atoms with Crippen molar-refractivity contribution in [2.45, 2.75) is 26.7 Å². The second-order valence-electron chi connectivity index (χ2n) is 4.60. The number of esters is 1. The second kappa shape index (κ2) is 6.93. The zero-order valence-electron chi connectivity index (χ0n) is 12.1. The Morgan fingerprint density at radius 2 is 2.23 bits per heavy atom. The van der Waals surface area contributed by atoms with E-state index < -0.39 is 5.97 Å². The van der Waals surface area contributed by atoms with Crippen LogP contribution < -0.4 is 5.32 Å². The van der Waals surface area contributed by atoms with Gasteiger partial charge >= 0.3 is 5.97 Å². The van der Waals surface area contributed by atoms with E-state index >= 15 is 0 Å². The van der Waals surface area contributed by atoms with Gasteiger partial charge in [0.15, 0.2) is 0 Å². The number of ether oxygens (including phenoxy) is 1. The molecule has 0 spiro atoms. The molecule has 2 N–H and O–H groups in total. The number of thiophene rings is 1. The molecule has 1 aliphatic rings. The van der Waals surface area contributed by atoms with E-state index in [0.717, 1.165) is 5.56 Å². The van der Waals surface area contributed by atoms with Crippen LogP contribution in [0.3, 0.4) is 0 Å². The summed E-state index contributed by atoms with van der Waals surface area (Å²) >= 11 is 7.53. The van der Waals surface area contributed by atoms with Crippen molar-refractivity contribution in [3.63, 3.8) is 0 Å².